The van der Waals surface area contributed by atoms with Gasteiger partial charge >= 0.3 is 11.9 Å². The second-order valence-electron chi connectivity index (χ2n) is 5.83. The Kier molecular flexibility index (Phi) is 4.47. The van der Waals surface area contributed by atoms with Crippen molar-refractivity contribution in [1.29, 1.82) is 0 Å². The number of fused-ring (bicyclic) bond motifs is 1. The summed E-state index contributed by atoms with van der Waals surface area (Å²) in [6.45, 7) is 0. The molecule has 2 aromatic rings. The summed E-state index contributed by atoms with van der Waals surface area (Å²) in [5, 5.41) is 4.93. The van der Waals surface area contributed by atoms with Gasteiger partial charge in [0, 0.05) is 22.7 Å². The molecule has 0 aliphatic carbocycles. The minimum absolute atomic E-state index is 0.00223. The average Bonchev–Trinajstić information content (AvgIpc) is 3.10. The highest BCUT2D eigenvalue weighted by Crippen LogP contribution is 2.37. The van der Waals surface area contributed by atoms with Gasteiger partial charge < -0.3 is 14.5 Å². The van der Waals surface area contributed by atoms with E-state index in [2.05, 4.69) is 20.5 Å². The highest BCUT2D eigenvalue weighted by Gasteiger charge is 2.49. The van der Waals surface area contributed by atoms with Crippen LogP contribution in [0.25, 0.3) is 10.9 Å². The Morgan fingerprint density at radius 2 is 1.81 bits per heavy atom. The maximum atomic E-state index is 12.4. The van der Waals surface area contributed by atoms with Crippen molar-refractivity contribution in [1.82, 2.24) is 15.3 Å². The number of hydrogen-bond donors (Lipinski definition) is 2. The van der Waals surface area contributed by atoms with E-state index in [0.29, 0.717) is 5.56 Å². The minimum atomic E-state index is -1.37. The fourth-order valence-corrected chi connectivity index (χ4v) is 3.00. The van der Waals surface area contributed by atoms with Gasteiger partial charge in [0.05, 0.1) is 14.2 Å². The van der Waals surface area contributed by atoms with Gasteiger partial charge in [-0.1, -0.05) is 18.2 Å². The zero-order valence-corrected chi connectivity index (χ0v) is 14.9. The molecule has 0 saturated carbocycles. The lowest BCUT2D eigenvalue weighted by atomic mass is 9.92. The number of esters is 2. The van der Waals surface area contributed by atoms with Crippen LogP contribution in [-0.2, 0) is 24.7 Å². The summed E-state index contributed by atoms with van der Waals surface area (Å²) in [5.74, 6) is -1.47. The third-order valence-corrected chi connectivity index (χ3v) is 4.25. The van der Waals surface area contributed by atoms with E-state index < -0.39 is 17.6 Å². The molecule has 0 spiro atoms. The average molecular weight is 357 g/mol. The van der Waals surface area contributed by atoms with Crippen LogP contribution < -0.4 is 5.43 Å². The number of methoxy groups -OCH3 is 2. The van der Waals surface area contributed by atoms with Crippen LogP contribution in [0.5, 0.6) is 0 Å². The number of nitrogens with one attached hydrogen (secondary N) is 2. The second kappa shape index (κ2) is 6.60. The van der Waals surface area contributed by atoms with Gasteiger partial charge in [0.2, 0.25) is 5.84 Å². The molecule has 0 bridgehead atoms. The molecule has 1 aliphatic rings. The number of nitrogens with zero attached hydrogens (tertiary/aromatic N) is 3. The molecule has 0 amide bonds. The molecule has 2 N–H and O–H groups in total. The van der Waals surface area contributed by atoms with Gasteiger partial charge in [0.15, 0.2) is 11.4 Å². The zero-order valence-electron chi connectivity index (χ0n) is 14.9. The number of carbonyl (C=O) groups is 2. The van der Waals surface area contributed by atoms with E-state index in [1.165, 1.54) is 14.2 Å². The molecule has 1 unspecified atom stereocenters. The van der Waals surface area contributed by atoms with Crippen LogP contribution in [0, 0.1) is 0 Å². The van der Waals surface area contributed by atoms with Crippen molar-refractivity contribution in [3.8, 4) is 0 Å². The van der Waals surface area contributed by atoms with Gasteiger partial charge in [0.1, 0.15) is 0 Å². The first-order valence-electron chi connectivity index (χ1n) is 7.80. The minimum Gasteiger partial charge on any atom is -0.464 e. The predicted octanol–water partition coefficient (Wildman–Crippen LogP) is 0.586. The highest BCUT2D eigenvalue weighted by atomic mass is 16.5. The Labute approximate surface area is 149 Å². The Balaban J connectivity index is 2.33. The Morgan fingerprint density at radius 1 is 1.12 bits per heavy atom. The molecule has 9 heteroatoms. The third-order valence-electron chi connectivity index (χ3n) is 4.25. The Bertz CT molecular complexity index is 930. The summed E-state index contributed by atoms with van der Waals surface area (Å²) in [7, 11) is 5.99. The first kappa shape index (κ1) is 17.6. The standard InChI is InChI=1S/C17H19N5O4/c1-22(2)17(11-9-18-12-8-6-5-7-10(11)12)13(15(23)25-3)20-21-14(19-17)16(24)26-4/h5-9,18H,1-4H3,(H,19,21). The maximum absolute atomic E-state index is 12.4. The highest BCUT2D eigenvalue weighted by molar-refractivity contribution is 6.43. The van der Waals surface area contributed by atoms with Gasteiger partial charge in [-0.25, -0.2) is 14.6 Å². The molecule has 1 atom stereocenters. The molecule has 3 rings (SSSR count). The second-order valence-corrected chi connectivity index (χ2v) is 5.83. The SMILES string of the molecule is COC(=O)C1=NC(c2c[nH]c3ccccc23)(N(C)C)C(C(=O)OC)=NN1. The van der Waals surface area contributed by atoms with Crippen LogP contribution in [0.15, 0.2) is 40.6 Å². The van der Waals surface area contributed by atoms with Crippen molar-refractivity contribution in [2.45, 2.75) is 5.66 Å². The molecule has 9 nitrogen and oxygen atoms in total. The van der Waals surface area contributed by atoms with Gasteiger partial charge in [-0.3, -0.25) is 10.3 Å². The van der Waals surface area contributed by atoms with E-state index in [4.69, 9.17) is 9.47 Å². The predicted molar refractivity (Wildman–Crippen MR) is 95.7 cm³/mol. The number of hydrogen-bond acceptors (Lipinski definition) is 8. The molecular weight excluding hydrogens is 338 g/mol. The summed E-state index contributed by atoms with van der Waals surface area (Å²) in [4.78, 5) is 33.9. The van der Waals surface area contributed by atoms with E-state index in [1.54, 1.807) is 25.2 Å². The summed E-state index contributed by atoms with van der Waals surface area (Å²) < 4.78 is 9.64. The van der Waals surface area contributed by atoms with Crippen LogP contribution >= 0.6 is 0 Å². The third kappa shape index (κ3) is 2.53. The van der Waals surface area contributed by atoms with Crippen LogP contribution in [0.2, 0.25) is 0 Å². The number of carbonyl (C=O) groups excluding carboxylic acids is 2. The molecule has 0 saturated heterocycles. The molecule has 0 fully saturated rings. The molecule has 1 aromatic carbocycles. The maximum Gasteiger partial charge on any atom is 0.375 e. The fraction of sp³-hybridized carbons (Fsp3) is 0.294. The number of benzene rings is 1. The number of para-hydroxylation sites is 1. The van der Waals surface area contributed by atoms with Gasteiger partial charge in [-0.05, 0) is 20.2 Å². The molecule has 1 aliphatic heterocycles. The molecule has 0 radical (unpaired) electrons. The van der Waals surface area contributed by atoms with Crippen molar-refractivity contribution in [2.75, 3.05) is 28.3 Å². The number of aromatic nitrogens is 1. The Hall–Kier alpha value is -3.20. The number of ether oxygens (including phenoxy) is 2. The topological polar surface area (TPSA) is 108 Å². The summed E-state index contributed by atoms with van der Waals surface area (Å²) >= 11 is 0. The van der Waals surface area contributed by atoms with Crippen LogP contribution in [0.1, 0.15) is 5.56 Å². The molecule has 136 valence electrons. The molecule has 2 heterocycles. The van der Waals surface area contributed by atoms with Crippen LogP contribution in [0.4, 0.5) is 0 Å². The first-order valence-corrected chi connectivity index (χ1v) is 7.80. The van der Waals surface area contributed by atoms with Crippen LogP contribution in [0.3, 0.4) is 0 Å². The first-order chi connectivity index (χ1) is 12.5. The van der Waals surface area contributed by atoms with Crippen molar-refractivity contribution in [3.63, 3.8) is 0 Å². The Morgan fingerprint density at radius 3 is 2.46 bits per heavy atom. The number of amidine groups is 1. The number of rotatable bonds is 4. The van der Waals surface area contributed by atoms with E-state index >= 15 is 0 Å². The van der Waals surface area contributed by atoms with Crippen molar-refractivity contribution in [3.05, 3.63) is 36.0 Å². The van der Waals surface area contributed by atoms with E-state index in [1.807, 2.05) is 24.3 Å². The number of aliphatic imine (C=N–C) groups is 1. The number of aromatic amines is 1. The van der Waals surface area contributed by atoms with Gasteiger partial charge in [-0.2, -0.15) is 5.10 Å². The smallest absolute Gasteiger partial charge is 0.375 e. The lowest BCUT2D eigenvalue weighted by molar-refractivity contribution is -0.134. The molecule has 1 aromatic heterocycles. The van der Waals surface area contributed by atoms with Crippen molar-refractivity contribution < 1.29 is 19.1 Å². The van der Waals surface area contributed by atoms with Crippen molar-refractivity contribution in [2.24, 2.45) is 10.1 Å². The lowest BCUT2D eigenvalue weighted by Gasteiger charge is -2.38. The summed E-state index contributed by atoms with van der Waals surface area (Å²) in [6.07, 6.45) is 1.74. The van der Waals surface area contributed by atoms with Gasteiger partial charge in [-0.15, -0.1) is 0 Å². The van der Waals surface area contributed by atoms with Crippen molar-refractivity contribution >= 4 is 34.4 Å². The van der Waals surface area contributed by atoms with Crippen LogP contribution in [-0.4, -0.2) is 61.7 Å². The zero-order chi connectivity index (χ0) is 18.9. The number of hydrazone groups is 1. The normalized spacial score (nSPS) is 19.6. The molecule has 26 heavy (non-hydrogen) atoms. The quantitative estimate of drug-likeness (QED) is 0.775. The summed E-state index contributed by atoms with van der Waals surface area (Å²) in [5.41, 5.74) is 2.63. The molecular formula is C17H19N5O4. The number of H-pyrrole nitrogens is 1. The monoisotopic (exact) mass is 357 g/mol. The van der Waals surface area contributed by atoms with E-state index in [9.17, 15) is 9.59 Å². The van der Waals surface area contributed by atoms with E-state index in [0.717, 1.165) is 10.9 Å². The lowest BCUT2D eigenvalue weighted by Crippen LogP contribution is -2.55. The largest absolute Gasteiger partial charge is 0.464 e. The fourth-order valence-electron chi connectivity index (χ4n) is 3.00. The van der Waals surface area contributed by atoms with E-state index in [-0.39, 0.29) is 11.5 Å². The summed E-state index contributed by atoms with van der Waals surface area (Å²) in [6, 6.07) is 7.58. The van der Waals surface area contributed by atoms with Gasteiger partial charge in [0.25, 0.3) is 0 Å².